The van der Waals surface area contributed by atoms with Gasteiger partial charge >= 0.3 is 0 Å². The molecule has 1 N–H and O–H groups in total. The minimum Gasteiger partial charge on any atom is -0.462 e. The highest BCUT2D eigenvalue weighted by Gasteiger charge is 2.16. The molecule has 1 aromatic carbocycles. The van der Waals surface area contributed by atoms with Crippen LogP contribution in [0.2, 0.25) is 5.02 Å². The van der Waals surface area contributed by atoms with Crippen molar-refractivity contribution in [3.63, 3.8) is 0 Å². The van der Waals surface area contributed by atoms with Crippen LogP contribution >= 0.6 is 11.6 Å². The molecule has 1 atom stereocenters. The molecule has 0 aliphatic carbocycles. The van der Waals surface area contributed by atoms with Crippen LogP contribution in [-0.4, -0.2) is 14.2 Å². The molecule has 1 unspecified atom stereocenters. The van der Waals surface area contributed by atoms with E-state index in [0.29, 0.717) is 6.61 Å². The van der Waals surface area contributed by atoms with Crippen LogP contribution in [0.5, 0.6) is 0 Å². The lowest BCUT2D eigenvalue weighted by molar-refractivity contribution is 0.162. The van der Waals surface area contributed by atoms with Crippen LogP contribution in [-0.2, 0) is 11.3 Å². The van der Waals surface area contributed by atoms with Crippen LogP contribution in [0.3, 0.4) is 0 Å². The highest BCUT2D eigenvalue weighted by Crippen LogP contribution is 2.25. The van der Waals surface area contributed by atoms with Gasteiger partial charge in [-0.15, -0.1) is 0 Å². The van der Waals surface area contributed by atoms with Gasteiger partial charge in [0.2, 0.25) is 0 Å². The monoisotopic (exact) mass is 265 g/mol. The van der Waals surface area contributed by atoms with Crippen LogP contribution in [0, 0.1) is 0 Å². The van der Waals surface area contributed by atoms with E-state index in [0.717, 1.165) is 22.1 Å². The van der Waals surface area contributed by atoms with Crippen molar-refractivity contribution >= 4 is 11.6 Å². The Morgan fingerprint density at radius 2 is 2.17 bits per heavy atom. The van der Waals surface area contributed by atoms with Crippen LogP contribution in [0.25, 0.3) is 0 Å². The molecular formula is C14H16ClNO2. The van der Waals surface area contributed by atoms with Crippen molar-refractivity contribution in [2.45, 2.75) is 12.6 Å². The Balaban J connectivity index is 2.27. The molecule has 0 fully saturated rings. The quantitative estimate of drug-likeness (QED) is 0.900. The van der Waals surface area contributed by atoms with Gasteiger partial charge in [-0.3, -0.25) is 0 Å². The van der Waals surface area contributed by atoms with Gasteiger partial charge in [0.15, 0.2) is 0 Å². The highest BCUT2D eigenvalue weighted by molar-refractivity contribution is 6.30. The Morgan fingerprint density at radius 3 is 2.83 bits per heavy atom. The van der Waals surface area contributed by atoms with E-state index < -0.39 is 0 Å². The Kier molecular flexibility index (Phi) is 4.42. The van der Waals surface area contributed by atoms with E-state index in [9.17, 15) is 0 Å². The van der Waals surface area contributed by atoms with Crippen molar-refractivity contribution in [2.24, 2.45) is 0 Å². The summed E-state index contributed by atoms with van der Waals surface area (Å²) in [6.45, 7) is 0.478. The maximum absolute atomic E-state index is 6.01. The molecule has 0 saturated carbocycles. The molecule has 96 valence electrons. The maximum Gasteiger partial charge on any atom is 0.129 e. The first-order valence-corrected chi connectivity index (χ1v) is 6.12. The van der Waals surface area contributed by atoms with Gasteiger partial charge in [-0.2, -0.15) is 0 Å². The van der Waals surface area contributed by atoms with Crippen molar-refractivity contribution in [1.29, 1.82) is 0 Å². The lowest BCUT2D eigenvalue weighted by Crippen LogP contribution is -2.16. The second-order valence-corrected chi connectivity index (χ2v) is 4.45. The van der Waals surface area contributed by atoms with Crippen molar-refractivity contribution in [3.8, 4) is 0 Å². The number of hydrogen-bond donors (Lipinski definition) is 1. The summed E-state index contributed by atoms with van der Waals surface area (Å²) in [5.41, 5.74) is 1.07. The van der Waals surface area contributed by atoms with Crippen molar-refractivity contribution in [3.05, 3.63) is 58.5 Å². The molecule has 0 aliphatic heterocycles. The zero-order valence-electron chi connectivity index (χ0n) is 10.4. The maximum atomic E-state index is 6.01. The standard InChI is InChI=1S/C14H16ClNO2/c1-16-14(10-4-3-5-11(15)8-10)13-7-6-12(18-13)9-17-2/h3-8,14,16H,9H2,1-2H3. The molecule has 0 amide bonds. The number of halogens is 1. The van der Waals surface area contributed by atoms with Crippen molar-refractivity contribution in [2.75, 3.05) is 14.2 Å². The van der Waals surface area contributed by atoms with Crippen molar-refractivity contribution in [1.82, 2.24) is 5.32 Å². The molecule has 2 rings (SSSR count). The molecule has 3 nitrogen and oxygen atoms in total. The fraction of sp³-hybridized carbons (Fsp3) is 0.286. The first-order chi connectivity index (χ1) is 8.74. The lowest BCUT2D eigenvalue weighted by Gasteiger charge is -2.14. The Morgan fingerprint density at radius 1 is 1.33 bits per heavy atom. The largest absolute Gasteiger partial charge is 0.462 e. The molecule has 4 heteroatoms. The van der Waals surface area contributed by atoms with Gasteiger partial charge in [0.1, 0.15) is 18.1 Å². The highest BCUT2D eigenvalue weighted by atomic mass is 35.5. The molecule has 0 bridgehead atoms. The Labute approximate surface area is 112 Å². The fourth-order valence-corrected chi connectivity index (χ4v) is 2.13. The predicted molar refractivity (Wildman–Crippen MR) is 71.8 cm³/mol. The Bertz CT molecular complexity index is 510. The van der Waals surface area contributed by atoms with Gasteiger partial charge in [0, 0.05) is 12.1 Å². The minimum atomic E-state index is -0.00527. The van der Waals surface area contributed by atoms with Crippen LogP contribution in [0.15, 0.2) is 40.8 Å². The zero-order chi connectivity index (χ0) is 13.0. The number of nitrogens with one attached hydrogen (secondary N) is 1. The smallest absolute Gasteiger partial charge is 0.129 e. The number of benzene rings is 1. The number of rotatable bonds is 5. The van der Waals surface area contributed by atoms with Gasteiger partial charge in [0.25, 0.3) is 0 Å². The number of hydrogen-bond acceptors (Lipinski definition) is 3. The van der Waals surface area contributed by atoms with E-state index >= 15 is 0 Å². The number of furan rings is 1. The third-order valence-electron chi connectivity index (χ3n) is 2.72. The average molecular weight is 266 g/mol. The summed E-state index contributed by atoms with van der Waals surface area (Å²) in [5.74, 6) is 1.67. The first kappa shape index (κ1) is 13.1. The third-order valence-corrected chi connectivity index (χ3v) is 2.96. The van der Waals surface area contributed by atoms with E-state index in [4.69, 9.17) is 20.8 Å². The average Bonchev–Trinajstić information content (AvgIpc) is 2.79. The van der Waals surface area contributed by atoms with E-state index in [1.807, 2.05) is 43.4 Å². The SMILES string of the molecule is CNC(c1cccc(Cl)c1)c1ccc(COC)o1. The normalized spacial score (nSPS) is 12.6. The van der Waals surface area contributed by atoms with Crippen LogP contribution < -0.4 is 5.32 Å². The summed E-state index contributed by atoms with van der Waals surface area (Å²) in [7, 11) is 3.54. The van der Waals surface area contributed by atoms with Gasteiger partial charge in [-0.25, -0.2) is 0 Å². The van der Waals surface area contributed by atoms with Gasteiger partial charge in [0.05, 0.1) is 6.04 Å². The summed E-state index contributed by atoms with van der Waals surface area (Å²) in [6.07, 6.45) is 0. The van der Waals surface area contributed by atoms with Gasteiger partial charge in [-0.05, 0) is 36.9 Å². The molecule has 0 spiro atoms. The summed E-state index contributed by atoms with van der Waals surface area (Å²) < 4.78 is 10.8. The third kappa shape index (κ3) is 2.93. The first-order valence-electron chi connectivity index (χ1n) is 5.75. The molecule has 18 heavy (non-hydrogen) atoms. The molecule has 1 heterocycles. The minimum absolute atomic E-state index is 0.00527. The second kappa shape index (κ2) is 6.05. The van der Waals surface area contributed by atoms with Gasteiger partial charge in [-0.1, -0.05) is 23.7 Å². The molecule has 0 saturated heterocycles. The van der Waals surface area contributed by atoms with E-state index in [-0.39, 0.29) is 6.04 Å². The van der Waals surface area contributed by atoms with Crippen LogP contribution in [0.1, 0.15) is 23.1 Å². The number of methoxy groups -OCH3 is 1. The summed E-state index contributed by atoms with van der Waals surface area (Å²) >= 11 is 6.01. The lowest BCUT2D eigenvalue weighted by atomic mass is 10.1. The molecule has 0 aliphatic rings. The fourth-order valence-electron chi connectivity index (χ4n) is 1.93. The molecule has 2 aromatic rings. The van der Waals surface area contributed by atoms with Crippen LogP contribution in [0.4, 0.5) is 0 Å². The predicted octanol–water partition coefficient (Wildman–Crippen LogP) is 3.39. The summed E-state index contributed by atoms with van der Waals surface area (Å²) in [4.78, 5) is 0. The topological polar surface area (TPSA) is 34.4 Å². The zero-order valence-corrected chi connectivity index (χ0v) is 11.2. The molecule has 0 radical (unpaired) electrons. The molecular weight excluding hydrogens is 250 g/mol. The van der Waals surface area contributed by atoms with Crippen molar-refractivity contribution < 1.29 is 9.15 Å². The van der Waals surface area contributed by atoms with E-state index in [1.165, 1.54) is 0 Å². The Hall–Kier alpha value is -1.29. The van der Waals surface area contributed by atoms with E-state index in [2.05, 4.69) is 5.32 Å². The summed E-state index contributed by atoms with van der Waals surface area (Å²) in [6, 6.07) is 11.6. The number of ether oxygens (including phenoxy) is 1. The van der Waals surface area contributed by atoms with E-state index in [1.54, 1.807) is 7.11 Å². The molecule has 1 aromatic heterocycles. The summed E-state index contributed by atoms with van der Waals surface area (Å²) in [5, 5.41) is 3.94. The second-order valence-electron chi connectivity index (χ2n) is 4.01. The van der Waals surface area contributed by atoms with Gasteiger partial charge < -0.3 is 14.5 Å².